The summed E-state index contributed by atoms with van der Waals surface area (Å²) in [4.78, 5) is 13.7. The molecule has 40 heavy (non-hydrogen) atoms. The number of imidazole rings is 1. The van der Waals surface area contributed by atoms with Gasteiger partial charge in [-0.2, -0.15) is 0 Å². The van der Waals surface area contributed by atoms with Crippen molar-refractivity contribution >= 4 is 27.8 Å². The lowest BCUT2D eigenvalue weighted by Gasteiger charge is -2.40. The molecule has 4 rings (SSSR count). The van der Waals surface area contributed by atoms with Gasteiger partial charge in [-0.25, -0.2) is 15.0 Å². The number of fused-ring (bicyclic) bond motifs is 1. The van der Waals surface area contributed by atoms with E-state index in [1.807, 2.05) is 4.57 Å². The first-order valence-corrected chi connectivity index (χ1v) is 19.8. The fourth-order valence-corrected chi connectivity index (χ4v) is 6.68. The average Bonchev–Trinajstić information content (AvgIpc) is 3.45. The molecule has 1 saturated heterocycles. The van der Waals surface area contributed by atoms with Crippen molar-refractivity contribution in [2.75, 3.05) is 13.7 Å². The van der Waals surface area contributed by atoms with Crippen molar-refractivity contribution in [1.82, 2.24) is 19.5 Å². The molecule has 0 saturated carbocycles. The van der Waals surface area contributed by atoms with Crippen LogP contribution in [0.1, 0.15) is 54.2 Å². The summed E-state index contributed by atoms with van der Waals surface area (Å²) in [6.45, 7) is 23.1. The summed E-state index contributed by atoms with van der Waals surface area (Å²) in [6, 6.07) is 5.13. The molecule has 220 valence electrons. The van der Waals surface area contributed by atoms with Crippen LogP contribution in [0.25, 0.3) is 22.4 Å². The molecule has 3 atom stereocenters. The summed E-state index contributed by atoms with van der Waals surface area (Å²) in [5.41, 5.74) is 2.34. The van der Waals surface area contributed by atoms with E-state index in [9.17, 15) is 5.11 Å². The van der Waals surface area contributed by atoms with Gasteiger partial charge >= 0.3 is 0 Å². The van der Waals surface area contributed by atoms with Crippen molar-refractivity contribution in [3.63, 3.8) is 0 Å². The van der Waals surface area contributed by atoms with E-state index in [1.54, 1.807) is 31.6 Å². The molecule has 0 spiro atoms. The van der Waals surface area contributed by atoms with Crippen LogP contribution in [0.5, 0.6) is 11.5 Å². The molecule has 1 N–H and O–H groups in total. The molecule has 2 aromatic heterocycles. The first kappa shape index (κ1) is 30.6. The maximum atomic E-state index is 10.7. The quantitative estimate of drug-likeness (QED) is 0.284. The zero-order valence-corrected chi connectivity index (χ0v) is 27.9. The van der Waals surface area contributed by atoms with Gasteiger partial charge in [-0.15, -0.1) is 0 Å². The van der Waals surface area contributed by atoms with Crippen LogP contribution in [0.15, 0.2) is 30.9 Å². The summed E-state index contributed by atoms with van der Waals surface area (Å²) in [6.07, 6.45) is 3.26. The number of phenols is 1. The predicted octanol–water partition coefficient (Wildman–Crippen LogP) is 6.91. The molecule has 0 amide bonds. The third-order valence-corrected chi connectivity index (χ3v) is 18.0. The fraction of sp³-hybridized carbons (Fsp3) is 0.621. The Bertz CT molecular complexity index is 1350. The summed E-state index contributed by atoms with van der Waals surface area (Å²) < 4.78 is 27.4. The van der Waals surface area contributed by atoms with Crippen LogP contribution in [-0.4, -0.2) is 67.2 Å². The average molecular weight is 587 g/mol. The normalized spacial score (nSPS) is 20.8. The molecule has 0 bridgehead atoms. The van der Waals surface area contributed by atoms with Gasteiger partial charge in [0, 0.05) is 18.1 Å². The third-order valence-electron chi connectivity index (χ3n) is 8.98. The first-order valence-electron chi connectivity index (χ1n) is 14.0. The molecule has 3 heterocycles. The van der Waals surface area contributed by atoms with Crippen LogP contribution < -0.4 is 4.74 Å². The molecular weight excluding hydrogens is 541 g/mol. The number of nitrogens with zero attached hydrogens (tertiary/aromatic N) is 4. The van der Waals surface area contributed by atoms with Crippen molar-refractivity contribution in [3.05, 3.63) is 30.9 Å². The summed E-state index contributed by atoms with van der Waals surface area (Å²) in [5, 5.41) is 10.8. The second-order valence-electron chi connectivity index (χ2n) is 13.8. The lowest BCUT2D eigenvalue weighted by atomic mass is 10.1. The van der Waals surface area contributed by atoms with Gasteiger partial charge in [0.15, 0.2) is 22.3 Å². The van der Waals surface area contributed by atoms with E-state index in [4.69, 9.17) is 18.3 Å². The molecule has 1 aliphatic heterocycles. The van der Waals surface area contributed by atoms with Gasteiger partial charge in [0.05, 0.1) is 26.1 Å². The highest BCUT2D eigenvalue weighted by atomic mass is 28.4. The Morgan fingerprint density at radius 3 is 2.27 bits per heavy atom. The molecule has 1 fully saturated rings. The van der Waals surface area contributed by atoms with Crippen LogP contribution >= 0.6 is 0 Å². The van der Waals surface area contributed by atoms with Crippen molar-refractivity contribution < 1.29 is 23.4 Å². The monoisotopic (exact) mass is 586 g/mol. The van der Waals surface area contributed by atoms with E-state index in [-0.39, 0.29) is 34.3 Å². The molecular formula is C29H46N4O5Si2. The Balaban J connectivity index is 1.66. The Morgan fingerprint density at radius 2 is 1.68 bits per heavy atom. The van der Waals surface area contributed by atoms with E-state index in [1.165, 1.54) is 6.33 Å². The van der Waals surface area contributed by atoms with Crippen LogP contribution in [-0.2, 0) is 13.6 Å². The Kier molecular flexibility index (Phi) is 8.29. The number of hydrogen-bond acceptors (Lipinski definition) is 8. The SMILES string of the molecule is COc1ccc(-c2ncnc3c2ncn3[C@H]2C[C@H](O[Si](C)(C)C(C)(C)C)[C@@H](CO[Si](C)(C)C(C)(C)C)O2)c(O)c1. The van der Waals surface area contributed by atoms with Crippen molar-refractivity contribution in [1.29, 1.82) is 0 Å². The molecule has 0 radical (unpaired) electrons. The Labute approximate surface area is 240 Å². The van der Waals surface area contributed by atoms with E-state index in [0.29, 0.717) is 41.2 Å². The minimum Gasteiger partial charge on any atom is -0.507 e. The van der Waals surface area contributed by atoms with Crippen LogP contribution in [0.4, 0.5) is 0 Å². The molecule has 11 heteroatoms. The van der Waals surface area contributed by atoms with Gasteiger partial charge < -0.3 is 23.4 Å². The summed E-state index contributed by atoms with van der Waals surface area (Å²) >= 11 is 0. The lowest BCUT2D eigenvalue weighted by molar-refractivity contribution is -0.0383. The molecule has 9 nitrogen and oxygen atoms in total. The van der Waals surface area contributed by atoms with E-state index in [0.717, 1.165) is 0 Å². The number of methoxy groups -OCH3 is 1. The van der Waals surface area contributed by atoms with Gasteiger partial charge in [-0.05, 0) is 48.4 Å². The fourth-order valence-electron chi connectivity index (χ4n) is 4.31. The molecule has 1 aliphatic rings. The number of aromatic hydroxyl groups is 1. The van der Waals surface area contributed by atoms with Crippen LogP contribution in [0.2, 0.25) is 36.3 Å². The van der Waals surface area contributed by atoms with E-state index < -0.39 is 16.6 Å². The van der Waals surface area contributed by atoms with Gasteiger partial charge in [-0.3, -0.25) is 4.57 Å². The second kappa shape index (κ2) is 10.8. The minimum atomic E-state index is -2.07. The Morgan fingerprint density at radius 1 is 1.00 bits per heavy atom. The van der Waals surface area contributed by atoms with Crippen LogP contribution in [0, 0.1) is 0 Å². The third kappa shape index (κ3) is 5.99. The molecule has 0 aliphatic carbocycles. The summed E-state index contributed by atoms with van der Waals surface area (Å²) in [5.74, 6) is 0.631. The maximum Gasteiger partial charge on any atom is 0.192 e. The second-order valence-corrected chi connectivity index (χ2v) is 23.3. The number of phenolic OH excluding ortho intramolecular Hbond substituents is 1. The predicted molar refractivity (Wildman–Crippen MR) is 163 cm³/mol. The van der Waals surface area contributed by atoms with Gasteiger partial charge in [0.2, 0.25) is 0 Å². The largest absolute Gasteiger partial charge is 0.507 e. The van der Waals surface area contributed by atoms with E-state index >= 15 is 0 Å². The molecule has 3 aromatic rings. The van der Waals surface area contributed by atoms with Gasteiger partial charge in [-0.1, -0.05) is 41.5 Å². The zero-order chi connectivity index (χ0) is 29.7. The van der Waals surface area contributed by atoms with Crippen LogP contribution in [0.3, 0.4) is 0 Å². The van der Waals surface area contributed by atoms with Crippen molar-refractivity contribution in [3.8, 4) is 22.8 Å². The highest BCUT2D eigenvalue weighted by molar-refractivity contribution is 6.74. The minimum absolute atomic E-state index is 0.0664. The van der Waals surface area contributed by atoms with Gasteiger partial charge in [0.1, 0.15) is 41.4 Å². The number of hydrogen-bond donors (Lipinski definition) is 1. The smallest absolute Gasteiger partial charge is 0.192 e. The Hall–Kier alpha value is -2.32. The topological polar surface area (TPSA) is 101 Å². The number of ether oxygens (including phenoxy) is 2. The molecule has 1 aromatic carbocycles. The number of benzene rings is 1. The number of aromatic nitrogens is 4. The summed E-state index contributed by atoms with van der Waals surface area (Å²) in [7, 11) is -2.49. The first-order chi connectivity index (χ1) is 18.4. The standard InChI is InChI=1S/C29H46N4O5Si2/c1-28(2,3)39(8,9)36-16-23-22(38-40(10,11)29(4,5)6)15-24(37-23)33-18-32-26-25(30-17-31-27(26)33)20-13-12-19(35-7)14-21(20)34/h12-14,17-18,22-24,34H,15-16H2,1-11H3/t22-,23+,24+/m0/s1. The highest BCUT2D eigenvalue weighted by Gasteiger charge is 2.47. The highest BCUT2D eigenvalue weighted by Crippen LogP contribution is 2.43. The maximum absolute atomic E-state index is 10.7. The lowest BCUT2D eigenvalue weighted by Crippen LogP contribution is -2.48. The van der Waals surface area contributed by atoms with Gasteiger partial charge in [0.25, 0.3) is 0 Å². The van der Waals surface area contributed by atoms with Crippen molar-refractivity contribution in [2.24, 2.45) is 0 Å². The van der Waals surface area contributed by atoms with Crippen molar-refractivity contribution in [2.45, 2.75) is 103 Å². The number of rotatable bonds is 8. The molecule has 0 unspecified atom stereocenters. The van der Waals surface area contributed by atoms with E-state index in [2.05, 4.69) is 82.7 Å². The zero-order valence-electron chi connectivity index (χ0n) is 25.9.